The second kappa shape index (κ2) is 5.85. The van der Waals surface area contributed by atoms with Gasteiger partial charge in [-0.2, -0.15) is 0 Å². The van der Waals surface area contributed by atoms with Crippen LogP contribution in [0.15, 0.2) is 18.2 Å². The van der Waals surface area contributed by atoms with Gasteiger partial charge in [0.05, 0.1) is 10.9 Å². The summed E-state index contributed by atoms with van der Waals surface area (Å²) in [5, 5.41) is 9.05. The maximum atomic E-state index is 12.9. The highest BCUT2D eigenvalue weighted by molar-refractivity contribution is 6.30. The molecule has 2 nitrogen and oxygen atoms in total. The molecule has 0 heterocycles. The summed E-state index contributed by atoms with van der Waals surface area (Å²) < 4.78 is 12.9. The van der Waals surface area contributed by atoms with Gasteiger partial charge in [-0.15, -0.1) is 0 Å². The van der Waals surface area contributed by atoms with Gasteiger partial charge in [-0.1, -0.05) is 37.4 Å². The zero-order valence-corrected chi connectivity index (χ0v) is 9.80. The Balaban J connectivity index is 2.92. The third-order valence-electron chi connectivity index (χ3n) is 2.49. The fraction of sp³-hybridized carbons (Fsp3) is 0.417. The molecule has 1 aromatic rings. The molecule has 0 saturated carbocycles. The molecular formula is C12H14ClFO2. The Morgan fingerprint density at radius 3 is 2.75 bits per heavy atom. The number of halogens is 2. The van der Waals surface area contributed by atoms with Gasteiger partial charge in [0.15, 0.2) is 0 Å². The van der Waals surface area contributed by atoms with E-state index in [1.807, 2.05) is 6.92 Å². The maximum Gasteiger partial charge on any atom is 0.310 e. The van der Waals surface area contributed by atoms with Crippen LogP contribution in [0, 0.1) is 5.82 Å². The molecule has 1 rings (SSSR count). The Kier molecular flexibility index (Phi) is 4.74. The van der Waals surface area contributed by atoms with Gasteiger partial charge in [0, 0.05) is 0 Å². The number of carbonyl (C=O) groups is 1. The van der Waals surface area contributed by atoms with Gasteiger partial charge < -0.3 is 5.11 Å². The fourth-order valence-corrected chi connectivity index (χ4v) is 1.76. The summed E-state index contributed by atoms with van der Waals surface area (Å²) >= 11 is 5.63. The van der Waals surface area contributed by atoms with Crippen molar-refractivity contribution in [3.63, 3.8) is 0 Å². The molecule has 0 fully saturated rings. The number of benzene rings is 1. The summed E-state index contributed by atoms with van der Waals surface area (Å²) in [6.45, 7) is 2.00. The minimum absolute atomic E-state index is 0.0275. The van der Waals surface area contributed by atoms with E-state index in [0.717, 1.165) is 12.8 Å². The van der Waals surface area contributed by atoms with E-state index in [2.05, 4.69) is 0 Å². The monoisotopic (exact) mass is 244 g/mol. The molecular weight excluding hydrogens is 231 g/mol. The predicted octanol–water partition coefficient (Wildman–Crippen LogP) is 3.84. The Morgan fingerprint density at radius 1 is 1.56 bits per heavy atom. The zero-order chi connectivity index (χ0) is 12.1. The molecule has 1 atom stereocenters. The van der Waals surface area contributed by atoms with E-state index in [-0.39, 0.29) is 5.02 Å². The first kappa shape index (κ1) is 13.0. The van der Waals surface area contributed by atoms with Gasteiger partial charge in [-0.3, -0.25) is 4.79 Å². The SMILES string of the molecule is CCCCC(C(=O)O)c1ccc(F)c(Cl)c1. The molecule has 0 aliphatic heterocycles. The molecule has 0 spiro atoms. The molecule has 1 N–H and O–H groups in total. The van der Waals surface area contributed by atoms with Crippen LogP contribution in [0.5, 0.6) is 0 Å². The highest BCUT2D eigenvalue weighted by atomic mass is 35.5. The normalized spacial score (nSPS) is 12.4. The van der Waals surface area contributed by atoms with Crippen molar-refractivity contribution in [1.82, 2.24) is 0 Å². The van der Waals surface area contributed by atoms with Crippen LogP contribution < -0.4 is 0 Å². The lowest BCUT2D eigenvalue weighted by atomic mass is 9.94. The lowest BCUT2D eigenvalue weighted by Gasteiger charge is -2.12. The summed E-state index contributed by atoms with van der Waals surface area (Å²) in [7, 11) is 0. The minimum atomic E-state index is -0.892. The third kappa shape index (κ3) is 3.20. The summed E-state index contributed by atoms with van der Waals surface area (Å²) in [4.78, 5) is 11.1. The summed E-state index contributed by atoms with van der Waals surface area (Å²) in [6, 6.07) is 4.08. The standard InChI is InChI=1S/C12H14ClFO2/c1-2-3-4-9(12(15)16)8-5-6-11(14)10(13)7-8/h5-7,9H,2-4H2,1H3,(H,15,16). The maximum absolute atomic E-state index is 12.9. The topological polar surface area (TPSA) is 37.3 Å². The van der Waals surface area contributed by atoms with Gasteiger partial charge in [0.25, 0.3) is 0 Å². The van der Waals surface area contributed by atoms with E-state index in [1.54, 1.807) is 0 Å². The smallest absolute Gasteiger partial charge is 0.310 e. The molecule has 0 radical (unpaired) electrons. The van der Waals surface area contributed by atoms with Gasteiger partial charge >= 0.3 is 5.97 Å². The third-order valence-corrected chi connectivity index (χ3v) is 2.78. The van der Waals surface area contributed by atoms with Crippen molar-refractivity contribution in [2.75, 3.05) is 0 Å². The minimum Gasteiger partial charge on any atom is -0.481 e. The van der Waals surface area contributed by atoms with Crippen molar-refractivity contribution >= 4 is 17.6 Å². The van der Waals surface area contributed by atoms with Gasteiger partial charge in [0.1, 0.15) is 5.82 Å². The average Bonchev–Trinajstić information content (AvgIpc) is 2.23. The van der Waals surface area contributed by atoms with Crippen LogP contribution in [0.25, 0.3) is 0 Å². The van der Waals surface area contributed by atoms with Crippen molar-refractivity contribution in [3.05, 3.63) is 34.6 Å². The van der Waals surface area contributed by atoms with Crippen molar-refractivity contribution in [2.24, 2.45) is 0 Å². The Morgan fingerprint density at radius 2 is 2.25 bits per heavy atom. The summed E-state index contributed by atoms with van der Waals surface area (Å²) in [6.07, 6.45) is 2.30. The first-order chi connectivity index (χ1) is 7.56. The van der Waals surface area contributed by atoms with E-state index in [0.29, 0.717) is 12.0 Å². The summed E-state index contributed by atoms with van der Waals surface area (Å²) in [5.74, 6) is -2.01. The predicted molar refractivity (Wildman–Crippen MR) is 61.3 cm³/mol. The molecule has 0 amide bonds. The summed E-state index contributed by atoms with van der Waals surface area (Å²) in [5.41, 5.74) is 0.562. The molecule has 4 heteroatoms. The van der Waals surface area contributed by atoms with E-state index in [9.17, 15) is 9.18 Å². The number of rotatable bonds is 5. The quantitative estimate of drug-likeness (QED) is 0.855. The van der Waals surface area contributed by atoms with Crippen LogP contribution >= 0.6 is 11.6 Å². The van der Waals surface area contributed by atoms with E-state index >= 15 is 0 Å². The number of carboxylic acid groups (broad SMARTS) is 1. The molecule has 0 aromatic heterocycles. The van der Waals surface area contributed by atoms with Crippen LogP contribution in [0.3, 0.4) is 0 Å². The molecule has 0 aliphatic carbocycles. The highest BCUT2D eigenvalue weighted by Gasteiger charge is 2.19. The van der Waals surface area contributed by atoms with E-state index < -0.39 is 17.7 Å². The number of aliphatic carboxylic acids is 1. The van der Waals surface area contributed by atoms with Gasteiger partial charge in [-0.25, -0.2) is 4.39 Å². The molecule has 0 saturated heterocycles. The van der Waals surface area contributed by atoms with E-state index in [4.69, 9.17) is 16.7 Å². The van der Waals surface area contributed by atoms with E-state index in [1.165, 1.54) is 18.2 Å². The lowest BCUT2D eigenvalue weighted by Crippen LogP contribution is -2.11. The fourth-order valence-electron chi connectivity index (χ4n) is 1.57. The second-order valence-corrected chi connectivity index (χ2v) is 4.11. The van der Waals surface area contributed by atoms with Crippen molar-refractivity contribution in [1.29, 1.82) is 0 Å². The number of carboxylic acids is 1. The number of hydrogen-bond donors (Lipinski definition) is 1. The van der Waals surface area contributed by atoms with Crippen LogP contribution in [0.2, 0.25) is 5.02 Å². The van der Waals surface area contributed by atoms with Crippen LogP contribution in [-0.4, -0.2) is 11.1 Å². The van der Waals surface area contributed by atoms with Crippen LogP contribution in [-0.2, 0) is 4.79 Å². The largest absolute Gasteiger partial charge is 0.481 e. The van der Waals surface area contributed by atoms with Crippen molar-refractivity contribution < 1.29 is 14.3 Å². The molecule has 1 aromatic carbocycles. The second-order valence-electron chi connectivity index (χ2n) is 3.71. The Bertz CT molecular complexity index is 379. The van der Waals surface area contributed by atoms with Crippen molar-refractivity contribution in [2.45, 2.75) is 32.1 Å². The first-order valence-corrected chi connectivity index (χ1v) is 5.61. The van der Waals surface area contributed by atoms with Gasteiger partial charge in [0.2, 0.25) is 0 Å². The van der Waals surface area contributed by atoms with Gasteiger partial charge in [-0.05, 0) is 24.1 Å². The molecule has 0 bridgehead atoms. The number of hydrogen-bond acceptors (Lipinski definition) is 1. The zero-order valence-electron chi connectivity index (χ0n) is 9.04. The molecule has 88 valence electrons. The van der Waals surface area contributed by atoms with Crippen molar-refractivity contribution in [3.8, 4) is 0 Å². The lowest BCUT2D eigenvalue weighted by molar-refractivity contribution is -0.139. The molecule has 0 aliphatic rings. The Labute approximate surface area is 99.0 Å². The Hall–Kier alpha value is -1.09. The van der Waals surface area contributed by atoms with Crippen LogP contribution in [0.4, 0.5) is 4.39 Å². The molecule has 1 unspecified atom stereocenters. The first-order valence-electron chi connectivity index (χ1n) is 5.24. The average molecular weight is 245 g/mol. The molecule has 16 heavy (non-hydrogen) atoms. The highest BCUT2D eigenvalue weighted by Crippen LogP contribution is 2.26. The van der Waals surface area contributed by atoms with Crippen LogP contribution in [0.1, 0.15) is 37.7 Å². The number of unbranched alkanes of at least 4 members (excludes halogenated alkanes) is 1.